The summed E-state index contributed by atoms with van der Waals surface area (Å²) in [5.74, 6) is 1.41. The number of ether oxygens (including phenoxy) is 1. The van der Waals surface area contributed by atoms with Crippen LogP contribution in [0.25, 0.3) is 0 Å². The molecule has 2 heterocycles. The molecule has 2 saturated heterocycles. The van der Waals surface area contributed by atoms with Crippen LogP contribution in [0.3, 0.4) is 0 Å². The second-order valence-electron chi connectivity index (χ2n) is 6.72. The predicted molar refractivity (Wildman–Crippen MR) is 112 cm³/mol. The third-order valence-electron chi connectivity index (χ3n) is 4.68. The maximum Gasteiger partial charge on any atom is 0.247 e. The summed E-state index contributed by atoms with van der Waals surface area (Å²) in [6.07, 6.45) is 0.315. The lowest BCUT2D eigenvalue weighted by molar-refractivity contribution is -0.117. The van der Waals surface area contributed by atoms with Crippen molar-refractivity contribution in [3.05, 3.63) is 54.6 Å². The van der Waals surface area contributed by atoms with Gasteiger partial charge in [0.05, 0.1) is 17.5 Å². The van der Waals surface area contributed by atoms with E-state index in [0.29, 0.717) is 17.3 Å². The molecule has 1 amide bonds. The Kier molecular flexibility index (Phi) is 5.16. The zero-order chi connectivity index (χ0) is 19.7. The molecule has 0 unspecified atom stereocenters. The van der Waals surface area contributed by atoms with Gasteiger partial charge in [-0.1, -0.05) is 36.9 Å². The van der Waals surface area contributed by atoms with Gasteiger partial charge in [0.1, 0.15) is 11.5 Å². The van der Waals surface area contributed by atoms with Crippen molar-refractivity contribution < 1.29 is 17.9 Å². The first-order chi connectivity index (χ1) is 13.4. The molecule has 4 rings (SSSR count). The second-order valence-corrected chi connectivity index (χ2v) is 10.1. The van der Waals surface area contributed by atoms with E-state index in [1.165, 1.54) is 11.8 Å². The van der Waals surface area contributed by atoms with E-state index in [-0.39, 0.29) is 28.7 Å². The van der Waals surface area contributed by atoms with E-state index in [1.54, 1.807) is 6.92 Å². The summed E-state index contributed by atoms with van der Waals surface area (Å²) in [5, 5.41) is 0.474. The molecule has 28 heavy (non-hydrogen) atoms. The van der Waals surface area contributed by atoms with Crippen LogP contribution in [0.15, 0.2) is 59.6 Å². The molecule has 2 aromatic carbocycles. The number of amides is 1. The lowest BCUT2D eigenvalue weighted by atomic mass is 10.2. The Morgan fingerprint density at radius 3 is 2.46 bits per heavy atom. The van der Waals surface area contributed by atoms with Gasteiger partial charge in [-0.05, 0) is 36.4 Å². The largest absolute Gasteiger partial charge is 0.457 e. The number of hydrogen-bond donors (Lipinski definition) is 0. The molecule has 6 nitrogen and oxygen atoms in total. The van der Waals surface area contributed by atoms with Crippen molar-refractivity contribution in [2.75, 3.05) is 16.4 Å². The average molecular weight is 417 g/mol. The van der Waals surface area contributed by atoms with Crippen molar-refractivity contribution in [1.82, 2.24) is 0 Å². The normalized spacial score (nSPS) is 24.3. The third kappa shape index (κ3) is 3.93. The molecular weight excluding hydrogens is 396 g/mol. The minimum atomic E-state index is -3.08. The Hall–Kier alpha value is -2.32. The molecule has 8 heteroatoms. The maximum atomic E-state index is 12.1. The summed E-state index contributed by atoms with van der Waals surface area (Å²) in [4.78, 5) is 18.0. The van der Waals surface area contributed by atoms with Gasteiger partial charge in [-0.2, -0.15) is 4.99 Å². The highest BCUT2D eigenvalue weighted by Gasteiger charge is 2.49. The maximum absolute atomic E-state index is 12.1. The van der Waals surface area contributed by atoms with E-state index in [9.17, 15) is 13.2 Å². The number of carbonyl (C=O) groups excluding carboxylic acids is 1. The zero-order valence-corrected chi connectivity index (χ0v) is 16.9. The number of rotatable bonds is 4. The fourth-order valence-corrected chi connectivity index (χ4v) is 7.28. The molecule has 2 aliphatic rings. The first kappa shape index (κ1) is 19.0. The van der Waals surface area contributed by atoms with Crippen LogP contribution in [0.1, 0.15) is 13.3 Å². The van der Waals surface area contributed by atoms with Crippen molar-refractivity contribution >= 4 is 38.4 Å². The van der Waals surface area contributed by atoms with Crippen molar-refractivity contribution in [1.29, 1.82) is 0 Å². The van der Waals surface area contributed by atoms with E-state index in [4.69, 9.17) is 4.74 Å². The van der Waals surface area contributed by atoms with E-state index >= 15 is 0 Å². The molecule has 2 fully saturated rings. The van der Waals surface area contributed by atoms with Crippen molar-refractivity contribution in [3.8, 4) is 11.5 Å². The minimum absolute atomic E-state index is 0.0757. The summed E-state index contributed by atoms with van der Waals surface area (Å²) >= 11 is 1.38. The van der Waals surface area contributed by atoms with Crippen LogP contribution in [0.5, 0.6) is 11.5 Å². The van der Waals surface area contributed by atoms with Crippen LogP contribution in [-0.2, 0) is 14.6 Å². The van der Waals surface area contributed by atoms with Gasteiger partial charge in [0.15, 0.2) is 15.0 Å². The van der Waals surface area contributed by atoms with Crippen LogP contribution in [0.4, 0.5) is 5.69 Å². The average Bonchev–Trinajstić information content (AvgIpc) is 3.14. The van der Waals surface area contributed by atoms with Crippen molar-refractivity contribution in [2.45, 2.75) is 24.6 Å². The summed E-state index contributed by atoms with van der Waals surface area (Å²) < 4.78 is 30.0. The summed E-state index contributed by atoms with van der Waals surface area (Å²) in [7, 11) is -3.08. The minimum Gasteiger partial charge on any atom is -0.457 e. The molecule has 2 aliphatic heterocycles. The van der Waals surface area contributed by atoms with Crippen LogP contribution in [0.2, 0.25) is 0 Å². The van der Waals surface area contributed by atoms with Gasteiger partial charge in [0.2, 0.25) is 5.91 Å². The topological polar surface area (TPSA) is 76.0 Å². The number of fused-ring (bicyclic) bond motifs is 1. The van der Waals surface area contributed by atoms with Gasteiger partial charge in [0.25, 0.3) is 0 Å². The van der Waals surface area contributed by atoms with Gasteiger partial charge in [-0.25, -0.2) is 8.42 Å². The number of sulfone groups is 1. The molecule has 2 atom stereocenters. The Bertz CT molecular complexity index is 1000. The fourth-order valence-electron chi connectivity index (χ4n) is 3.35. The number of hydrogen-bond acceptors (Lipinski definition) is 5. The SMILES string of the molecule is CCC(=O)N=C1S[C@H]2CS(=O)(=O)C[C@@H]2N1c1ccc(Oc2ccccc2)cc1. The number of aliphatic imine (C=N–C) groups is 1. The first-order valence-electron chi connectivity index (χ1n) is 9.06. The predicted octanol–water partition coefficient (Wildman–Crippen LogP) is 3.49. The van der Waals surface area contributed by atoms with Crippen LogP contribution in [-0.4, -0.2) is 42.3 Å². The molecule has 0 N–H and O–H groups in total. The van der Waals surface area contributed by atoms with Crippen molar-refractivity contribution in [3.63, 3.8) is 0 Å². The number of para-hydroxylation sites is 1. The molecule has 146 valence electrons. The number of anilines is 1. The molecule has 0 aromatic heterocycles. The summed E-state index contributed by atoms with van der Waals surface area (Å²) in [5.41, 5.74) is 0.806. The van der Waals surface area contributed by atoms with Gasteiger partial charge in [-0.3, -0.25) is 4.79 Å². The summed E-state index contributed by atoms with van der Waals surface area (Å²) in [6, 6.07) is 16.7. The Labute approximate surface area is 168 Å². The first-order valence-corrected chi connectivity index (χ1v) is 11.8. The highest BCUT2D eigenvalue weighted by molar-refractivity contribution is 8.16. The number of amidine groups is 1. The van der Waals surface area contributed by atoms with E-state index in [1.807, 2.05) is 59.5 Å². The van der Waals surface area contributed by atoms with E-state index < -0.39 is 9.84 Å². The standard InChI is InChI=1S/C20H20N2O4S2/c1-2-19(23)21-20-22(17-12-28(24,25)13-18(17)27-20)14-8-10-16(11-9-14)26-15-6-4-3-5-7-15/h3-11,17-18H,2,12-13H2,1H3/t17-,18-/m0/s1. The monoisotopic (exact) mass is 416 g/mol. The molecular formula is C20H20N2O4S2. The number of nitrogens with zero attached hydrogens (tertiary/aromatic N) is 2. The highest BCUT2D eigenvalue weighted by atomic mass is 32.2. The Morgan fingerprint density at radius 2 is 1.79 bits per heavy atom. The lowest BCUT2D eigenvalue weighted by Crippen LogP contribution is -2.37. The number of carbonyl (C=O) groups is 1. The highest BCUT2D eigenvalue weighted by Crippen LogP contribution is 2.41. The molecule has 2 aromatic rings. The number of thioether (sulfide) groups is 1. The Morgan fingerprint density at radius 1 is 1.11 bits per heavy atom. The van der Waals surface area contributed by atoms with Crippen LogP contribution >= 0.6 is 11.8 Å². The zero-order valence-electron chi connectivity index (χ0n) is 15.3. The van der Waals surface area contributed by atoms with Gasteiger partial charge in [-0.15, -0.1) is 0 Å². The molecule has 0 aliphatic carbocycles. The molecule has 0 bridgehead atoms. The van der Waals surface area contributed by atoms with Crippen molar-refractivity contribution in [2.24, 2.45) is 4.99 Å². The quantitative estimate of drug-likeness (QED) is 0.759. The van der Waals surface area contributed by atoms with Crippen LogP contribution < -0.4 is 9.64 Å². The Balaban J connectivity index is 1.62. The third-order valence-corrected chi connectivity index (χ3v) is 7.89. The molecule has 0 spiro atoms. The smallest absolute Gasteiger partial charge is 0.247 e. The van der Waals surface area contributed by atoms with Gasteiger partial charge in [0, 0.05) is 17.4 Å². The van der Waals surface area contributed by atoms with Gasteiger partial charge < -0.3 is 9.64 Å². The molecule has 0 radical (unpaired) electrons. The summed E-state index contributed by atoms with van der Waals surface area (Å²) in [6.45, 7) is 1.76. The van der Waals surface area contributed by atoms with E-state index in [2.05, 4.69) is 4.99 Å². The second kappa shape index (κ2) is 7.60. The lowest BCUT2D eigenvalue weighted by Gasteiger charge is -2.24. The van der Waals surface area contributed by atoms with E-state index in [0.717, 1.165) is 11.4 Å². The van der Waals surface area contributed by atoms with Gasteiger partial charge >= 0.3 is 0 Å². The molecule has 0 saturated carbocycles. The fraction of sp³-hybridized carbons (Fsp3) is 0.300. The number of benzene rings is 2. The van der Waals surface area contributed by atoms with Crippen LogP contribution in [0, 0.1) is 0 Å².